The number of likely N-dealkylation sites (tertiary alicyclic amines) is 2. The van der Waals surface area contributed by atoms with E-state index < -0.39 is 0 Å². The number of unbranched alkanes of at least 4 members (excludes halogenated alkanes) is 2. The molecular weight excluding hydrogens is 368 g/mol. The smallest absolute Gasteiger partial charge is 0.132 e. The first-order valence-electron chi connectivity index (χ1n) is 11.9. The third-order valence-electron chi connectivity index (χ3n) is 6.86. The number of benzene rings is 2. The van der Waals surface area contributed by atoms with Gasteiger partial charge in [-0.05, 0) is 56.2 Å². The summed E-state index contributed by atoms with van der Waals surface area (Å²) in [5.41, 5.74) is 2.81. The first-order valence-corrected chi connectivity index (χ1v) is 11.9. The van der Waals surface area contributed by atoms with Gasteiger partial charge in [0.15, 0.2) is 0 Å². The molecule has 2 aliphatic rings. The lowest BCUT2D eigenvalue weighted by atomic mass is 10.0. The van der Waals surface area contributed by atoms with Crippen molar-refractivity contribution < 1.29 is 4.79 Å². The van der Waals surface area contributed by atoms with Crippen LogP contribution in [0.5, 0.6) is 0 Å². The summed E-state index contributed by atoms with van der Waals surface area (Å²) in [6.45, 7) is 4.68. The van der Waals surface area contributed by atoms with Crippen LogP contribution in [0.15, 0.2) is 60.7 Å². The van der Waals surface area contributed by atoms with Crippen LogP contribution in [0.1, 0.15) is 56.1 Å². The first kappa shape index (κ1) is 21.3. The third kappa shape index (κ3) is 6.02. The molecule has 2 fully saturated rings. The fourth-order valence-corrected chi connectivity index (χ4v) is 5.18. The minimum absolute atomic E-state index is 0.458. The van der Waals surface area contributed by atoms with Crippen LogP contribution >= 0.6 is 0 Å². The van der Waals surface area contributed by atoms with E-state index in [0.29, 0.717) is 5.78 Å². The van der Waals surface area contributed by atoms with Gasteiger partial charge in [-0.2, -0.15) is 0 Å². The number of carbonyl (C=O) groups is 1. The van der Waals surface area contributed by atoms with Gasteiger partial charge in [-0.1, -0.05) is 60.7 Å². The van der Waals surface area contributed by atoms with Crippen LogP contribution in [0.25, 0.3) is 0 Å². The molecule has 2 saturated heterocycles. The summed E-state index contributed by atoms with van der Waals surface area (Å²) in [6.07, 6.45) is 8.31. The normalized spacial score (nSPS) is 21.3. The Morgan fingerprint density at radius 3 is 2.00 bits per heavy atom. The van der Waals surface area contributed by atoms with Gasteiger partial charge < -0.3 is 0 Å². The number of piperazine rings is 1. The highest BCUT2D eigenvalue weighted by Gasteiger charge is 2.42. The highest BCUT2D eigenvalue weighted by Crippen LogP contribution is 2.32. The monoisotopic (exact) mass is 404 g/mol. The maximum atomic E-state index is 12.2. The lowest BCUT2D eigenvalue weighted by Gasteiger charge is -2.34. The molecule has 30 heavy (non-hydrogen) atoms. The Labute approximate surface area is 182 Å². The van der Waals surface area contributed by atoms with Crippen LogP contribution in [0, 0.1) is 0 Å². The number of hydrogen-bond donors (Lipinski definition) is 0. The van der Waals surface area contributed by atoms with Crippen molar-refractivity contribution in [2.75, 3.05) is 19.6 Å². The van der Waals surface area contributed by atoms with Crippen molar-refractivity contribution in [3.05, 3.63) is 71.8 Å². The van der Waals surface area contributed by atoms with Crippen molar-refractivity contribution >= 4 is 5.78 Å². The van der Waals surface area contributed by atoms with E-state index in [1.807, 2.05) is 0 Å². The molecule has 0 amide bonds. The Morgan fingerprint density at radius 1 is 0.733 bits per heavy atom. The van der Waals surface area contributed by atoms with Gasteiger partial charge in [0, 0.05) is 44.6 Å². The highest BCUT2D eigenvalue weighted by atomic mass is 16.1. The second-order valence-electron chi connectivity index (χ2n) is 9.14. The van der Waals surface area contributed by atoms with Crippen molar-refractivity contribution in [3.8, 4) is 0 Å². The van der Waals surface area contributed by atoms with E-state index in [4.69, 9.17) is 0 Å². The molecule has 2 aliphatic heterocycles. The molecule has 2 aromatic carbocycles. The molecule has 3 heteroatoms. The summed E-state index contributed by atoms with van der Waals surface area (Å²) in [5.74, 6) is 0.458. The van der Waals surface area contributed by atoms with E-state index in [2.05, 4.69) is 70.5 Å². The molecule has 4 rings (SSSR count). The quantitative estimate of drug-likeness (QED) is 0.460. The summed E-state index contributed by atoms with van der Waals surface area (Å²) in [7, 11) is 0. The fraction of sp³-hybridized carbons (Fsp3) is 0.519. The number of rotatable bonds is 12. The Balaban J connectivity index is 1.05. The van der Waals surface area contributed by atoms with E-state index in [1.165, 1.54) is 37.2 Å². The molecular formula is C27H36N2O. The average Bonchev–Trinajstić information content (AvgIpc) is 3.36. The number of aryl methyl sites for hydroxylation is 1. The summed E-state index contributed by atoms with van der Waals surface area (Å²) in [4.78, 5) is 17.5. The van der Waals surface area contributed by atoms with Crippen LogP contribution in [-0.4, -0.2) is 47.3 Å². The average molecular weight is 405 g/mol. The van der Waals surface area contributed by atoms with Gasteiger partial charge in [-0.15, -0.1) is 0 Å². The Bertz CT molecular complexity index is 776. The Kier molecular flexibility index (Phi) is 7.71. The number of carbonyl (C=O) groups excluding carboxylic acids is 1. The van der Waals surface area contributed by atoms with Crippen LogP contribution in [0.4, 0.5) is 0 Å². The second kappa shape index (κ2) is 10.9. The van der Waals surface area contributed by atoms with E-state index in [9.17, 15) is 4.79 Å². The van der Waals surface area contributed by atoms with Crippen LogP contribution in [0.3, 0.4) is 0 Å². The Hall–Kier alpha value is -1.97. The van der Waals surface area contributed by atoms with Crippen molar-refractivity contribution in [3.63, 3.8) is 0 Å². The third-order valence-corrected chi connectivity index (χ3v) is 6.86. The number of ketones is 1. The first-order chi connectivity index (χ1) is 14.8. The molecule has 0 radical (unpaired) electrons. The molecule has 0 aliphatic carbocycles. The van der Waals surface area contributed by atoms with Crippen LogP contribution < -0.4 is 0 Å². The number of nitrogens with zero attached hydrogens (tertiary/aromatic N) is 2. The van der Waals surface area contributed by atoms with E-state index in [-0.39, 0.29) is 0 Å². The van der Waals surface area contributed by atoms with Gasteiger partial charge in [0.05, 0.1) is 0 Å². The molecule has 0 saturated carbocycles. The SMILES string of the molecule is O=C(CCCCc1ccccc1)CCCCN1CC2CC1CN2Cc1ccccc1. The second-order valence-corrected chi connectivity index (χ2v) is 9.14. The standard InChI is InChI=1S/C27H36N2O/c30-27(16-8-7-13-23-11-3-1-4-12-23)17-9-10-18-28-21-26-19-25(28)22-29(26)20-24-14-5-2-6-15-24/h1-6,11-12,14-15,25-26H,7-10,13,16-22H2. The van der Waals surface area contributed by atoms with Crippen molar-refractivity contribution in [2.45, 2.75) is 70.0 Å². The molecule has 0 aromatic heterocycles. The maximum Gasteiger partial charge on any atom is 0.132 e. The molecule has 160 valence electrons. The lowest BCUT2D eigenvalue weighted by Crippen LogP contribution is -2.46. The predicted molar refractivity (Wildman–Crippen MR) is 123 cm³/mol. The van der Waals surface area contributed by atoms with E-state index in [1.54, 1.807) is 0 Å². The largest absolute Gasteiger partial charge is 0.300 e. The molecule has 2 unspecified atom stereocenters. The van der Waals surface area contributed by atoms with Gasteiger partial charge in [0.25, 0.3) is 0 Å². The number of hydrogen-bond acceptors (Lipinski definition) is 3. The van der Waals surface area contributed by atoms with Crippen molar-refractivity contribution in [1.29, 1.82) is 0 Å². The zero-order valence-corrected chi connectivity index (χ0v) is 18.2. The zero-order chi connectivity index (χ0) is 20.6. The predicted octanol–water partition coefficient (Wildman–Crippen LogP) is 5.10. The molecule has 3 nitrogen and oxygen atoms in total. The molecule has 2 aromatic rings. The van der Waals surface area contributed by atoms with Crippen molar-refractivity contribution in [1.82, 2.24) is 9.80 Å². The fourth-order valence-electron chi connectivity index (χ4n) is 5.18. The van der Waals surface area contributed by atoms with Gasteiger partial charge >= 0.3 is 0 Å². The van der Waals surface area contributed by atoms with Gasteiger partial charge in [0.2, 0.25) is 0 Å². The lowest BCUT2D eigenvalue weighted by molar-refractivity contribution is -0.119. The molecule has 2 bridgehead atoms. The van der Waals surface area contributed by atoms with Gasteiger partial charge in [-0.3, -0.25) is 14.6 Å². The molecule has 2 heterocycles. The minimum atomic E-state index is 0.458. The number of fused-ring (bicyclic) bond motifs is 2. The maximum absolute atomic E-state index is 12.2. The van der Waals surface area contributed by atoms with Crippen LogP contribution in [0.2, 0.25) is 0 Å². The zero-order valence-electron chi connectivity index (χ0n) is 18.2. The van der Waals surface area contributed by atoms with Gasteiger partial charge in [0.1, 0.15) is 5.78 Å². The Morgan fingerprint density at radius 2 is 1.33 bits per heavy atom. The van der Waals surface area contributed by atoms with Crippen molar-refractivity contribution in [2.24, 2.45) is 0 Å². The molecule has 0 spiro atoms. The van der Waals surface area contributed by atoms with Gasteiger partial charge in [-0.25, -0.2) is 0 Å². The molecule has 0 N–H and O–H groups in total. The summed E-state index contributed by atoms with van der Waals surface area (Å²) >= 11 is 0. The number of Topliss-reactive ketones (excluding diaryl/α,β-unsaturated/α-hetero) is 1. The van der Waals surface area contributed by atoms with E-state index >= 15 is 0 Å². The molecule has 2 atom stereocenters. The minimum Gasteiger partial charge on any atom is -0.300 e. The van der Waals surface area contributed by atoms with E-state index in [0.717, 1.165) is 63.6 Å². The topological polar surface area (TPSA) is 23.6 Å². The highest BCUT2D eigenvalue weighted by molar-refractivity contribution is 5.78. The van der Waals surface area contributed by atoms with Crippen LogP contribution in [-0.2, 0) is 17.8 Å². The summed E-state index contributed by atoms with van der Waals surface area (Å²) < 4.78 is 0. The summed E-state index contributed by atoms with van der Waals surface area (Å²) in [6, 6.07) is 22.9. The summed E-state index contributed by atoms with van der Waals surface area (Å²) in [5, 5.41) is 0.